The van der Waals surface area contributed by atoms with Crippen LogP contribution in [0.25, 0.3) is 11.1 Å². The molecule has 0 atom stereocenters. The van der Waals surface area contributed by atoms with Gasteiger partial charge >= 0.3 is 5.97 Å². The first kappa shape index (κ1) is 16.0. The molecule has 2 aromatic rings. The van der Waals surface area contributed by atoms with E-state index in [4.69, 9.17) is 21.1 Å². The number of aldehydes is 1. The maximum Gasteiger partial charge on any atom is 0.302 e. The van der Waals surface area contributed by atoms with Gasteiger partial charge in [-0.2, -0.15) is 0 Å². The molecule has 0 saturated heterocycles. The van der Waals surface area contributed by atoms with Crippen LogP contribution in [-0.4, -0.2) is 25.5 Å². The molecule has 5 heteroatoms. The van der Waals surface area contributed by atoms with Crippen molar-refractivity contribution in [3.05, 3.63) is 53.1 Å². The second kappa shape index (κ2) is 7.61. The first-order valence-electron chi connectivity index (χ1n) is 6.71. The molecule has 4 nitrogen and oxygen atoms in total. The van der Waals surface area contributed by atoms with Crippen molar-refractivity contribution in [2.45, 2.75) is 6.92 Å². The molecule has 0 amide bonds. The maximum absolute atomic E-state index is 10.8. The molecule has 2 aromatic carbocycles. The van der Waals surface area contributed by atoms with Gasteiger partial charge in [0, 0.05) is 18.1 Å². The summed E-state index contributed by atoms with van der Waals surface area (Å²) in [6.45, 7) is 1.80. The molecule has 22 heavy (non-hydrogen) atoms. The molecular formula is C17H15ClO4. The van der Waals surface area contributed by atoms with Crippen LogP contribution in [-0.2, 0) is 9.53 Å². The van der Waals surface area contributed by atoms with Gasteiger partial charge in [0.1, 0.15) is 25.2 Å². The topological polar surface area (TPSA) is 52.6 Å². The van der Waals surface area contributed by atoms with Crippen molar-refractivity contribution in [3.8, 4) is 16.9 Å². The summed E-state index contributed by atoms with van der Waals surface area (Å²) < 4.78 is 10.2. The molecule has 0 aromatic heterocycles. The van der Waals surface area contributed by atoms with Crippen molar-refractivity contribution < 1.29 is 19.1 Å². The van der Waals surface area contributed by atoms with Gasteiger partial charge in [-0.25, -0.2) is 0 Å². The van der Waals surface area contributed by atoms with E-state index in [9.17, 15) is 9.59 Å². The van der Waals surface area contributed by atoms with Gasteiger partial charge in [-0.05, 0) is 29.8 Å². The van der Waals surface area contributed by atoms with Gasteiger partial charge < -0.3 is 9.47 Å². The lowest BCUT2D eigenvalue weighted by molar-refractivity contribution is -0.141. The highest BCUT2D eigenvalue weighted by Gasteiger charge is 2.06. The average molecular weight is 319 g/mol. The number of ether oxygens (including phenoxy) is 2. The third kappa shape index (κ3) is 4.33. The Morgan fingerprint density at radius 2 is 2.00 bits per heavy atom. The highest BCUT2D eigenvalue weighted by Crippen LogP contribution is 2.31. The van der Waals surface area contributed by atoms with Crippen molar-refractivity contribution >= 4 is 23.9 Å². The van der Waals surface area contributed by atoms with Crippen LogP contribution in [0, 0.1) is 0 Å². The Hall–Kier alpha value is -2.33. The first-order valence-corrected chi connectivity index (χ1v) is 7.09. The lowest BCUT2D eigenvalue weighted by Gasteiger charge is -2.10. The Labute approximate surface area is 133 Å². The normalized spacial score (nSPS) is 10.1. The number of benzene rings is 2. The predicted molar refractivity (Wildman–Crippen MR) is 84.4 cm³/mol. The summed E-state index contributed by atoms with van der Waals surface area (Å²) >= 11 is 6.27. The van der Waals surface area contributed by atoms with Crippen LogP contribution in [0.1, 0.15) is 17.3 Å². The van der Waals surface area contributed by atoms with E-state index >= 15 is 0 Å². The molecule has 0 aliphatic rings. The molecule has 114 valence electrons. The summed E-state index contributed by atoms with van der Waals surface area (Å²) in [5.74, 6) is 0.250. The summed E-state index contributed by atoms with van der Waals surface area (Å²) in [4.78, 5) is 21.5. The zero-order valence-electron chi connectivity index (χ0n) is 12.0. The van der Waals surface area contributed by atoms with Gasteiger partial charge in [0.15, 0.2) is 0 Å². The van der Waals surface area contributed by atoms with E-state index in [1.807, 2.05) is 12.1 Å². The lowest BCUT2D eigenvalue weighted by atomic mass is 10.0. The van der Waals surface area contributed by atoms with Gasteiger partial charge in [0.25, 0.3) is 0 Å². The Bertz CT molecular complexity index is 682. The van der Waals surface area contributed by atoms with E-state index < -0.39 is 0 Å². The minimum absolute atomic E-state index is 0.191. The maximum atomic E-state index is 10.8. The fraction of sp³-hybridized carbons (Fsp3) is 0.176. The molecule has 0 N–H and O–H groups in total. The molecule has 0 fully saturated rings. The van der Waals surface area contributed by atoms with Crippen LogP contribution in [0.4, 0.5) is 0 Å². The second-order valence-electron chi connectivity index (χ2n) is 4.57. The molecule has 0 aliphatic carbocycles. The van der Waals surface area contributed by atoms with Crippen LogP contribution >= 0.6 is 11.6 Å². The van der Waals surface area contributed by atoms with Crippen molar-refractivity contribution in [1.29, 1.82) is 0 Å². The van der Waals surface area contributed by atoms with E-state index in [-0.39, 0.29) is 19.2 Å². The highest BCUT2D eigenvalue weighted by molar-refractivity contribution is 6.33. The Morgan fingerprint density at radius 3 is 2.68 bits per heavy atom. The number of hydrogen-bond donors (Lipinski definition) is 0. The average Bonchev–Trinajstić information content (AvgIpc) is 2.51. The molecule has 0 spiro atoms. The van der Waals surface area contributed by atoms with Crippen LogP contribution in [0.3, 0.4) is 0 Å². The third-order valence-electron chi connectivity index (χ3n) is 2.93. The first-order chi connectivity index (χ1) is 10.6. The molecular weight excluding hydrogens is 304 g/mol. The Balaban J connectivity index is 2.09. The molecule has 0 bridgehead atoms. The molecule has 0 heterocycles. The lowest BCUT2D eigenvalue weighted by Crippen LogP contribution is -2.09. The number of rotatable bonds is 6. The predicted octanol–water partition coefficient (Wildman–Crippen LogP) is 3.76. The largest absolute Gasteiger partial charge is 0.490 e. The summed E-state index contributed by atoms with van der Waals surface area (Å²) in [7, 11) is 0. The fourth-order valence-corrected chi connectivity index (χ4v) is 2.22. The monoisotopic (exact) mass is 318 g/mol. The van der Waals surface area contributed by atoms with Crippen molar-refractivity contribution in [3.63, 3.8) is 0 Å². The summed E-state index contributed by atoms with van der Waals surface area (Å²) in [5, 5.41) is 0.521. The molecule has 0 aliphatic heterocycles. The number of carbonyl (C=O) groups excluding carboxylic acids is 2. The number of hydrogen-bond acceptors (Lipinski definition) is 4. The standard InChI is InChI=1S/C17H15ClO4/c1-12(20)21-7-8-22-15-5-6-16(17(18)10-15)14-4-2-3-13(9-14)11-19/h2-6,9-11H,7-8H2,1H3. The van der Waals surface area contributed by atoms with Crippen LogP contribution in [0.2, 0.25) is 5.02 Å². The van der Waals surface area contributed by atoms with Crippen LogP contribution < -0.4 is 4.74 Å². The van der Waals surface area contributed by atoms with Crippen molar-refractivity contribution in [2.24, 2.45) is 0 Å². The van der Waals surface area contributed by atoms with E-state index in [0.717, 1.165) is 17.4 Å². The van der Waals surface area contributed by atoms with E-state index in [1.54, 1.807) is 30.3 Å². The van der Waals surface area contributed by atoms with E-state index in [0.29, 0.717) is 16.3 Å². The van der Waals surface area contributed by atoms with Gasteiger partial charge in [0.2, 0.25) is 0 Å². The summed E-state index contributed by atoms with van der Waals surface area (Å²) in [5.41, 5.74) is 2.27. The quantitative estimate of drug-likeness (QED) is 0.462. The summed E-state index contributed by atoms with van der Waals surface area (Å²) in [6.07, 6.45) is 0.796. The van der Waals surface area contributed by atoms with Gasteiger partial charge in [-0.1, -0.05) is 29.8 Å². The van der Waals surface area contributed by atoms with Gasteiger partial charge in [-0.3, -0.25) is 9.59 Å². The molecule has 0 unspecified atom stereocenters. The third-order valence-corrected chi connectivity index (χ3v) is 3.24. The molecule has 2 rings (SSSR count). The summed E-state index contributed by atoms with van der Waals surface area (Å²) in [6, 6.07) is 12.5. The van der Waals surface area contributed by atoms with E-state index in [2.05, 4.69) is 0 Å². The Morgan fingerprint density at radius 1 is 1.18 bits per heavy atom. The zero-order valence-corrected chi connectivity index (χ0v) is 12.8. The van der Waals surface area contributed by atoms with Crippen LogP contribution in [0.15, 0.2) is 42.5 Å². The number of esters is 1. The highest BCUT2D eigenvalue weighted by atomic mass is 35.5. The van der Waals surface area contributed by atoms with Crippen molar-refractivity contribution in [1.82, 2.24) is 0 Å². The van der Waals surface area contributed by atoms with Gasteiger partial charge in [-0.15, -0.1) is 0 Å². The van der Waals surface area contributed by atoms with Crippen LogP contribution in [0.5, 0.6) is 5.75 Å². The Kier molecular flexibility index (Phi) is 5.55. The smallest absolute Gasteiger partial charge is 0.302 e. The minimum atomic E-state index is -0.341. The number of carbonyl (C=O) groups is 2. The van der Waals surface area contributed by atoms with Crippen molar-refractivity contribution in [2.75, 3.05) is 13.2 Å². The zero-order chi connectivity index (χ0) is 15.9. The SMILES string of the molecule is CC(=O)OCCOc1ccc(-c2cccc(C=O)c2)c(Cl)c1. The fourth-order valence-electron chi connectivity index (χ4n) is 1.94. The molecule has 0 saturated carbocycles. The molecule has 0 radical (unpaired) electrons. The van der Waals surface area contributed by atoms with E-state index in [1.165, 1.54) is 6.92 Å². The van der Waals surface area contributed by atoms with Gasteiger partial charge in [0.05, 0.1) is 5.02 Å². The minimum Gasteiger partial charge on any atom is -0.490 e. The second-order valence-corrected chi connectivity index (χ2v) is 4.98. The number of halogens is 1.